The van der Waals surface area contributed by atoms with E-state index in [1.807, 2.05) is 11.3 Å². The fraction of sp³-hybridized carbons (Fsp3) is 0.556. The second kappa shape index (κ2) is 5.29. The van der Waals surface area contributed by atoms with Gasteiger partial charge in [-0.3, -0.25) is 0 Å². The van der Waals surface area contributed by atoms with E-state index in [1.165, 1.54) is 41.5 Å². The lowest BCUT2D eigenvalue weighted by molar-refractivity contribution is -0.114. The third kappa shape index (κ3) is 2.18. The van der Waals surface area contributed by atoms with Crippen LogP contribution in [0.2, 0.25) is 0 Å². The Morgan fingerprint density at radius 1 is 1.29 bits per heavy atom. The number of thiophene rings is 1. The molecule has 0 bridgehead atoms. The molecule has 2 fully saturated rings. The molecule has 3 heteroatoms. The average Bonchev–Trinajstić information content (AvgIpc) is 3.16. The Morgan fingerprint density at radius 2 is 2.14 bits per heavy atom. The van der Waals surface area contributed by atoms with E-state index in [0.717, 1.165) is 13.0 Å². The molecule has 0 radical (unpaired) electrons. The topological polar surface area (TPSA) is 21.3 Å². The normalized spacial score (nSPS) is 27.1. The highest BCUT2D eigenvalue weighted by atomic mass is 32.1. The van der Waals surface area contributed by atoms with Crippen LogP contribution >= 0.6 is 11.3 Å². The summed E-state index contributed by atoms with van der Waals surface area (Å²) in [4.78, 5) is 0. The van der Waals surface area contributed by atoms with E-state index in [0.29, 0.717) is 17.6 Å². The van der Waals surface area contributed by atoms with Crippen LogP contribution in [-0.2, 0) is 4.74 Å². The van der Waals surface area contributed by atoms with Crippen LogP contribution in [0.1, 0.15) is 39.0 Å². The van der Waals surface area contributed by atoms with Crippen LogP contribution in [0.5, 0.6) is 0 Å². The van der Waals surface area contributed by atoms with Gasteiger partial charge in [-0.1, -0.05) is 12.8 Å². The summed E-state index contributed by atoms with van der Waals surface area (Å²) in [6, 6.07) is 9.56. The molecule has 1 heterocycles. The molecule has 1 aromatic heterocycles. The summed E-state index contributed by atoms with van der Waals surface area (Å²) >= 11 is 1.81. The van der Waals surface area contributed by atoms with Gasteiger partial charge in [-0.2, -0.15) is 0 Å². The molecule has 2 nitrogen and oxygen atoms in total. The van der Waals surface area contributed by atoms with Crippen molar-refractivity contribution in [2.24, 2.45) is 5.41 Å². The molecule has 4 rings (SSSR count). The van der Waals surface area contributed by atoms with Crippen molar-refractivity contribution < 1.29 is 4.74 Å². The number of fused-ring (bicyclic) bond motifs is 1. The van der Waals surface area contributed by atoms with Crippen molar-refractivity contribution in [3.05, 3.63) is 29.6 Å². The first-order valence-corrected chi connectivity index (χ1v) is 9.05. The highest BCUT2D eigenvalue weighted by Crippen LogP contribution is 2.55. The molecule has 2 aliphatic carbocycles. The van der Waals surface area contributed by atoms with Gasteiger partial charge in [-0.25, -0.2) is 0 Å². The minimum Gasteiger partial charge on any atom is -0.382 e. The molecule has 1 N–H and O–H groups in total. The number of ether oxygens (including phenoxy) is 1. The number of benzene rings is 1. The maximum Gasteiger partial charge on any atom is 0.0670 e. The van der Waals surface area contributed by atoms with E-state index in [4.69, 9.17) is 4.74 Å². The van der Waals surface area contributed by atoms with E-state index in [2.05, 4.69) is 41.9 Å². The van der Waals surface area contributed by atoms with Crippen molar-refractivity contribution >= 4 is 27.1 Å². The SMILES string of the molecule is CCOC1CC(Nc2ccc3sccc3c2)C12CCCC2. The molecular formula is C18H23NOS. The quantitative estimate of drug-likeness (QED) is 0.853. The van der Waals surface area contributed by atoms with Gasteiger partial charge in [-0.15, -0.1) is 11.3 Å². The van der Waals surface area contributed by atoms with Gasteiger partial charge >= 0.3 is 0 Å². The number of nitrogens with one attached hydrogen (secondary N) is 1. The van der Waals surface area contributed by atoms with Crippen molar-refractivity contribution in [2.45, 2.75) is 51.2 Å². The third-order valence-corrected chi connectivity index (χ3v) is 6.38. The second-order valence-electron chi connectivity index (χ2n) is 6.49. The van der Waals surface area contributed by atoms with Crippen molar-refractivity contribution in [3.8, 4) is 0 Å². The summed E-state index contributed by atoms with van der Waals surface area (Å²) < 4.78 is 7.38. The molecule has 2 aliphatic rings. The first-order valence-electron chi connectivity index (χ1n) is 8.17. The lowest BCUT2D eigenvalue weighted by atomic mass is 9.60. The monoisotopic (exact) mass is 301 g/mol. The number of hydrogen-bond acceptors (Lipinski definition) is 3. The summed E-state index contributed by atoms with van der Waals surface area (Å²) in [5.74, 6) is 0. The highest BCUT2D eigenvalue weighted by molar-refractivity contribution is 7.17. The van der Waals surface area contributed by atoms with E-state index in [-0.39, 0.29) is 0 Å². The molecule has 2 saturated carbocycles. The van der Waals surface area contributed by atoms with Gasteiger partial charge in [0.05, 0.1) is 6.10 Å². The highest BCUT2D eigenvalue weighted by Gasteiger charge is 2.56. The zero-order valence-corrected chi connectivity index (χ0v) is 13.4. The van der Waals surface area contributed by atoms with Crippen LogP contribution < -0.4 is 5.32 Å². The first kappa shape index (κ1) is 13.6. The Hall–Kier alpha value is -1.06. The van der Waals surface area contributed by atoms with Crippen LogP contribution in [0, 0.1) is 5.41 Å². The van der Waals surface area contributed by atoms with Gasteiger partial charge in [0.25, 0.3) is 0 Å². The zero-order chi connectivity index (χ0) is 14.3. The van der Waals surface area contributed by atoms with Gasteiger partial charge in [-0.05, 0) is 61.2 Å². The molecule has 1 aromatic carbocycles. The van der Waals surface area contributed by atoms with Crippen LogP contribution in [0.4, 0.5) is 5.69 Å². The summed E-state index contributed by atoms with van der Waals surface area (Å²) in [5.41, 5.74) is 1.67. The maximum atomic E-state index is 6.00. The van der Waals surface area contributed by atoms with E-state index < -0.39 is 0 Å². The lowest BCUT2D eigenvalue weighted by Gasteiger charge is -2.54. The van der Waals surface area contributed by atoms with Crippen LogP contribution in [-0.4, -0.2) is 18.8 Å². The van der Waals surface area contributed by atoms with Crippen molar-refractivity contribution in [3.63, 3.8) is 0 Å². The Kier molecular flexibility index (Phi) is 3.43. The number of anilines is 1. The smallest absolute Gasteiger partial charge is 0.0670 e. The van der Waals surface area contributed by atoms with Gasteiger partial charge < -0.3 is 10.1 Å². The summed E-state index contributed by atoms with van der Waals surface area (Å²) in [6.07, 6.45) is 7.03. The fourth-order valence-corrected chi connectivity index (χ4v) is 5.12. The van der Waals surface area contributed by atoms with Crippen LogP contribution in [0.15, 0.2) is 29.6 Å². The van der Waals surface area contributed by atoms with Crippen LogP contribution in [0.3, 0.4) is 0 Å². The Bertz CT molecular complexity index is 629. The zero-order valence-electron chi connectivity index (χ0n) is 12.6. The molecule has 0 saturated heterocycles. The van der Waals surface area contributed by atoms with Gasteiger partial charge in [0.15, 0.2) is 0 Å². The van der Waals surface area contributed by atoms with E-state index in [1.54, 1.807) is 0 Å². The molecule has 21 heavy (non-hydrogen) atoms. The second-order valence-corrected chi connectivity index (χ2v) is 7.44. The molecular weight excluding hydrogens is 278 g/mol. The lowest BCUT2D eigenvalue weighted by Crippen LogP contribution is -2.60. The molecule has 2 unspecified atom stereocenters. The summed E-state index contributed by atoms with van der Waals surface area (Å²) in [5, 5.41) is 7.33. The fourth-order valence-electron chi connectivity index (χ4n) is 4.35. The number of hydrogen-bond donors (Lipinski definition) is 1. The van der Waals surface area contributed by atoms with Gasteiger partial charge in [0.1, 0.15) is 0 Å². The molecule has 0 amide bonds. The van der Waals surface area contributed by atoms with Gasteiger partial charge in [0, 0.05) is 28.5 Å². The largest absolute Gasteiger partial charge is 0.382 e. The molecule has 2 atom stereocenters. The molecule has 0 aliphatic heterocycles. The van der Waals surface area contributed by atoms with E-state index >= 15 is 0 Å². The molecule has 1 spiro atoms. The maximum absolute atomic E-state index is 6.00. The summed E-state index contributed by atoms with van der Waals surface area (Å²) in [7, 11) is 0. The minimum absolute atomic E-state index is 0.402. The Balaban J connectivity index is 1.53. The Morgan fingerprint density at radius 3 is 2.95 bits per heavy atom. The van der Waals surface area contributed by atoms with Crippen molar-refractivity contribution in [1.29, 1.82) is 0 Å². The molecule has 2 aromatic rings. The van der Waals surface area contributed by atoms with Crippen molar-refractivity contribution in [1.82, 2.24) is 0 Å². The summed E-state index contributed by atoms with van der Waals surface area (Å²) in [6.45, 7) is 2.97. The number of rotatable bonds is 4. The first-order chi connectivity index (χ1) is 10.3. The Labute approximate surface area is 130 Å². The predicted octanol–water partition coefficient (Wildman–Crippen LogP) is 5.05. The van der Waals surface area contributed by atoms with Crippen LogP contribution in [0.25, 0.3) is 10.1 Å². The third-order valence-electron chi connectivity index (χ3n) is 5.48. The molecule has 112 valence electrons. The van der Waals surface area contributed by atoms with E-state index in [9.17, 15) is 0 Å². The standard InChI is InChI=1S/C18H23NOS/c1-2-20-17-12-16(18(17)8-3-4-9-18)19-14-5-6-15-13(11-14)7-10-21-15/h5-7,10-11,16-17,19H,2-4,8-9,12H2,1H3. The minimum atomic E-state index is 0.402. The average molecular weight is 301 g/mol. The van der Waals surface area contributed by atoms with Gasteiger partial charge in [0.2, 0.25) is 0 Å². The van der Waals surface area contributed by atoms with Crippen molar-refractivity contribution in [2.75, 3.05) is 11.9 Å². The predicted molar refractivity (Wildman–Crippen MR) is 90.2 cm³/mol.